The topological polar surface area (TPSA) is 120 Å². The lowest BCUT2D eigenvalue weighted by Gasteiger charge is -2.02. The molecule has 0 aliphatic heterocycles. The van der Waals surface area contributed by atoms with E-state index in [0.29, 0.717) is 0 Å². The molecule has 2 aromatic rings. The van der Waals surface area contributed by atoms with E-state index in [1.54, 1.807) is 18.4 Å². The average molecular weight is 368 g/mol. The van der Waals surface area contributed by atoms with Crippen LogP contribution in [0.5, 0.6) is 0 Å². The molecule has 0 saturated carbocycles. The van der Waals surface area contributed by atoms with Crippen molar-refractivity contribution in [3.63, 3.8) is 0 Å². The quantitative estimate of drug-likeness (QED) is 0.326. The molecule has 0 bridgehead atoms. The van der Waals surface area contributed by atoms with E-state index < -0.39 is 15.5 Å². The van der Waals surface area contributed by atoms with Crippen molar-refractivity contribution >= 4 is 28.8 Å². The van der Waals surface area contributed by atoms with Crippen molar-refractivity contribution in [2.24, 2.45) is 4.99 Å². The third-order valence-corrected chi connectivity index (χ3v) is 3.39. The number of benzene rings is 2. The molecule has 0 aliphatic carbocycles. The van der Waals surface area contributed by atoms with Gasteiger partial charge in [0.05, 0.1) is 23.0 Å². The Morgan fingerprint density at radius 2 is 1.85 bits per heavy atom. The highest BCUT2D eigenvalue weighted by Gasteiger charge is 2.18. The molecule has 0 aliphatic rings. The second kappa shape index (κ2) is 9.59. The van der Waals surface area contributed by atoms with Gasteiger partial charge in [-0.05, 0) is 29.4 Å². The molecule has 1 N–H and O–H groups in total. The van der Waals surface area contributed by atoms with Crippen LogP contribution in [-0.2, 0) is 4.84 Å². The van der Waals surface area contributed by atoms with Crippen molar-refractivity contribution in [1.82, 2.24) is 5.48 Å². The number of nitro benzene ring substituents is 2. The van der Waals surface area contributed by atoms with E-state index in [1.165, 1.54) is 25.5 Å². The first-order valence-electron chi connectivity index (χ1n) is 7.70. The Bertz CT molecular complexity index is 907. The van der Waals surface area contributed by atoms with E-state index in [2.05, 4.69) is 10.5 Å². The Hall–Kier alpha value is -3.85. The molecule has 0 radical (unpaired) electrons. The van der Waals surface area contributed by atoms with Crippen LogP contribution in [-0.4, -0.2) is 23.2 Å². The maximum absolute atomic E-state index is 11.1. The molecule has 2 aromatic carbocycles. The number of nitrogens with one attached hydrogen (secondary N) is 1. The van der Waals surface area contributed by atoms with Crippen LogP contribution in [0.4, 0.5) is 17.1 Å². The van der Waals surface area contributed by atoms with Gasteiger partial charge in [-0.15, -0.1) is 0 Å². The predicted molar refractivity (Wildman–Crippen MR) is 102 cm³/mol. The number of non-ortho nitro benzene ring substituents is 1. The minimum absolute atomic E-state index is 0.0215. The molecule has 0 spiro atoms. The highest BCUT2D eigenvalue weighted by Crippen LogP contribution is 2.31. The van der Waals surface area contributed by atoms with Crippen LogP contribution in [0.15, 0.2) is 71.9 Å². The van der Waals surface area contributed by atoms with Crippen LogP contribution in [0, 0.1) is 20.2 Å². The zero-order valence-corrected chi connectivity index (χ0v) is 14.3. The number of nitrogens with zero attached hydrogens (tertiary/aromatic N) is 3. The minimum atomic E-state index is -0.704. The van der Waals surface area contributed by atoms with Gasteiger partial charge in [0.1, 0.15) is 5.69 Å². The van der Waals surface area contributed by atoms with Gasteiger partial charge < -0.3 is 0 Å². The summed E-state index contributed by atoms with van der Waals surface area (Å²) in [5.74, 6) is 0. The van der Waals surface area contributed by atoms with E-state index in [-0.39, 0.29) is 11.4 Å². The normalized spacial score (nSPS) is 11.8. The molecule has 9 heteroatoms. The molecule has 138 valence electrons. The lowest BCUT2D eigenvalue weighted by Crippen LogP contribution is -2.00. The molecular formula is C18H16N4O5. The molecule has 0 amide bonds. The molecular weight excluding hydrogens is 352 g/mol. The number of hydrogen-bond acceptors (Lipinski definition) is 7. The van der Waals surface area contributed by atoms with E-state index >= 15 is 0 Å². The van der Waals surface area contributed by atoms with Gasteiger partial charge in [-0.1, -0.05) is 30.3 Å². The summed E-state index contributed by atoms with van der Waals surface area (Å²) >= 11 is 0. The van der Waals surface area contributed by atoms with Gasteiger partial charge in [-0.3, -0.25) is 30.5 Å². The molecule has 9 nitrogen and oxygen atoms in total. The van der Waals surface area contributed by atoms with Crippen LogP contribution < -0.4 is 5.48 Å². The van der Waals surface area contributed by atoms with Gasteiger partial charge in [0.25, 0.3) is 5.69 Å². The average Bonchev–Trinajstić information content (AvgIpc) is 2.67. The van der Waals surface area contributed by atoms with Crippen LogP contribution in [0.1, 0.15) is 5.56 Å². The third kappa shape index (κ3) is 5.58. The standard InChI is InChI=1S/C18H16N4O5/c1-27-20-12-10-15(14-5-3-2-4-6-14)9-11-19-17-8-7-16(21(23)24)13-18(17)22(25)26/h2-13,20H,1H3. The third-order valence-electron chi connectivity index (χ3n) is 3.39. The number of hydrogen-bond donors (Lipinski definition) is 1. The summed E-state index contributed by atoms with van der Waals surface area (Å²) in [5.41, 5.74) is 3.47. The molecule has 0 heterocycles. The number of nitro groups is 2. The van der Waals surface area contributed by atoms with E-state index in [4.69, 9.17) is 4.84 Å². The monoisotopic (exact) mass is 368 g/mol. The van der Waals surface area contributed by atoms with Crippen LogP contribution in [0.2, 0.25) is 0 Å². The van der Waals surface area contributed by atoms with Gasteiger partial charge >= 0.3 is 5.69 Å². The second-order valence-corrected chi connectivity index (χ2v) is 5.11. The molecule has 0 atom stereocenters. The fraction of sp³-hybridized carbons (Fsp3) is 0.0556. The second-order valence-electron chi connectivity index (χ2n) is 5.11. The van der Waals surface area contributed by atoms with E-state index in [0.717, 1.165) is 17.2 Å². The van der Waals surface area contributed by atoms with Crippen LogP contribution in [0.25, 0.3) is 5.57 Å². The summed E-state index contributed by atoms with van der Waals surface area (Å²) in [6.45, 7) is 0. The first-order valence-corrected chi connectivity index (χ1v) is 7.70. The minimum Gasteiger partial charge on any atom is -0.280 e. The molecule has 0 aromatic heterocycles. The highest BCUT2D eigenvalue weighted by atomic mass is 16.6. The molecule has 2 rings (SSSR count). The fourth-order valence-corrected chi connectivity index (χ4v) is 2.15. The van der Waals surface area contributed by atoms with E-state index in [9.17, 15) is 20.2 Å². The van der Waals surface area contributed by atoms with Crippen molar-refractivity contribution in [2.45, 2.75) is 0 Å². The lowest BCUT2D eigenvalue weighted by atomic mass is 10.1. The van der Waals surface area contributed by atoms with Gasteiger partial charge in [-0.2, -0.15) is 0 Å². The Kier molecular flexibility index (Phi) is 6.91. The fourth-order valence-electron chi connectivity index (χ4n) is 2.15. The summed E-state index contributed by atoms with van der Waals surface area (Å²) in [6, 6.07) is 12.7. The Morgan fingerprint density at radius 3 is 2.48 bits per heavy atom. The lowest BCUT2D eigenvalue weighted by molar-refractivity contribution is -0.393. The van der Waals surface area contributed by atoms with Crippen molar-refractivity contribution < 1.29 is 14.7 Å². The van der Waals surface area contributed by atoms with Gasteiger partial charge in [0.2, 0.25) is 0 Å². The summed E-state index contributed by atoms with van der Waals surface area (Å²) < 4.78 is 0. The largest absolute Gasteiger partial charge is 0.301 e. The zero-order valence-electron chi connectivity index (χ0n) is 14.3. The number of aliphatic imine (C=N–C) groups is 1. The maximum Gasteiger partial charge on any atom is 0.301 e. The SMILES string of the molecule is CONC=CC(=CC=Nc1ccc([N+](=O)[O-])cc1[N+](=O)[O-])c1ccccc1. The smallest absolute Gasteiger partial charge is 0.280 e. The van der Waals surface area contributed by atoms with Crippen molar-refractivity contribution in [3.8, 4) is 0 Å². The molecule has 0 fully saturated rings. The first kappa shape index (κ1) is 19.5. The summed E-state index contributed by atoms with van der Waals surface area (Å²) in [5, 5.41) is 21.9. The molecule has 0 saturated heterocycles. The van der Waals surface area contributed by atoms with Crippen molar-refractivity contribution in [1.29, 1.82) is 0 Å². The first-order chi connectivity index (χ1) is 13.0. The van der Waals surface area contributed by atoms with Crippen molar-refractivity contribution in [3.05, 3.63) is 92.7 Å². The Morgan fingerprint density at radius 1 is 1.11 bits per heavy atom. The number of allylic oxidation sites excluding steroid dienone is 3. The number of rotatable bonds is 8. The predicted octanol–water partition coefficient (Wildman–Crippen LogP) is 3.95. The maximum atomic E-state index is 11.1. The summed E-state index contributed by atoms with van der Waals surface area (Å²) in [7, 11) is 1.48. The van der Waals surface area contributed by atoms with Crippen LogP contribution >= 0.6 is 0 Å². The van der Waals surface area contributed by atoms with Gasteiger partial charge in [-0.25, -0.2) is 4.99 Å². The van der Waals surface area contributed by atoms with E-state index in [1.807, 2.05) is 30.3 Å². The highest BCUT2D eigenvalue weighted by molar-refractivity contribution is 5.90. The summed E-state index contributed by atoms with van der Waals surface area (Å²) in [6.07, 6.45) is 6.39. The van der Waals surface area contributed by atoms with Crippen LogP contribution in [0.3, 0.4) is 0 Å². The summed E-state index contributed by atoms with van der Waals surface area (Å²) in [4.78, 5) is 29.4. The van der Waals surface area contributed by atoms with Crippen molar-refractivity contribution in [2.75, 3.05) is 7.11 Å². The Balaban J connectivity index is 2.36. The zero-order chi connectivity index (χ0) is 19.6. The molecule has 27 heavy (non-hydrogen) atoms. The molecule has 0 unspecified atom stereocenters. The van der Waals surface area contributed by atoms with Gasteiger partial charge in [0, 0.05) is 18.5 Å². The number of hydroxylamine groups is 1. The Labute approximate surface area is 154 Å². The van der Waals surface area contributed by atoms with Gasteiger partial charge in [0.15, 0.2) is 0 Å².